The number of unbranched alkanes of at least 4 members (excludes halogenated alkanes) is 2. The number of halogens is 1. The lowest BCUT2D eigenvalue weighted by atomic mass is 10.2. The number of H-pyrrole nitrogens is 1. The monoisotopic (exact) mass is 385 g/mol. The number of carbonyl (C=O) groups excluding carboxylic acids is 1. The molecule has 0 spiro atoms. The molecule has 1 heterocycles. The first-order valence-electron chi connectivity index (χ1n) is 8.82. The summed E-state index contributed by atoms with van der Waals surface area (Å²) in [5.41, 5.74) is 0.522. The van der Waals surface area contributed by atoms with Crippen molar-refractivity contribution in [1.82, 2.24) is 9.55 Å². The van der Waals surface area contributed by atoms with Gasteiger partial charge in [0, 0.05) is 23.7 Å². The molecule has 3 rings (SSSR count). The number of benzene rings is 2. The number of nitrogens with one attached hydrogen (secondary N) is 2. The number of hydrogen-bond acceptors (Lipinski definition) is 3. The molecule has 3 aromatic rings. The van der Waals surface area contributed by atoms with E-state index in [2.05, 4.69) is 10.3 Å². The Hall–Kier alpha value is -2.86. The molecule has 0 aliphatic carbocycles. The molecule has 0 aliphatic rings. The van der Waals surface area contributed by atoms with Crippen molar-refractivity contribution >= 4 is 34.1 Å². The number of fused-ring (bicyclic) bond motifs is 1. The molecule has 0 atom stereocenters. The van der Waals surface area contributed by atoms with Gasteiger partial charge in [0.15, 0.2) is 0 Å². The third kappa shape index (κ3) is 4.86. The number of anilines is 1. The quantitative estimate of drug-likeness (QED) is 0.610. The Morgan fingerprint density at radius 1 is 1.04 bits per heavy atom. The van der Waals surface area contributed by atoms with E-state index in [0.29, 0.717) is 47.4 Å². The molecule has 0 radical (unpaired) electrons. The van der Waals surface area contributed by atoms with E-state index in [1.165, 1.54) is 4.57 Å². The van der Waals surface area contributed by atoms with Crippen molar-refractivity contribution < 1.29 is 4.79 Å². The van der Waals surface area contributed by atoms with Gasteiger partial charge in [-0.2, -0.15) is 0 Å². The first-order valence-corrected chi connectivity index (χ1v) is 9.20. The predicted octanol–water partition coefficient (Wildman–Crippen LogP) is 3.54. The van der Waals surface area contributed by atoms with Gasteiger partial charge < -0.3 is 10.3 Å². The summed E-state index contributed by atoms with van der Waals surface area (Å²) in [7, 11) is 0. The predicted molar refractivity (Wildman–Crippen MR) is 107 cm³/mol. The molecule has 0 saturated heterocycles. The van der Waals surface area contributed by atoms with Crippen LogP contribution in [0.5, 0.6) is 0 Å². The average molecular weight is 386 g/mol. The molecular weight excluding hydrogens is 366 g/mol. The maximum atomic E-state index is 12.4. The molecular formula is C20H20ClN3O3. The summed E-state index contributed by atoms with van der Waals surface area (Å²) < 4.78 is 1.22. The van der Waals surface area contributed by atoms with E-state index in [1.807, 2.05) is 0 Å². The highest BCUT2D eigenvalue weighted by Crippen LogP contribution is 2.15. The fourth-order valence-electron chi connectivity index (χ4n) is 2.92. The molecule has 2 aromatic carbocycles. The third-order valence-corrected chi connectivity index (χ3v) is 4.52. The number of para-hydroxylation sites is 1. The van der Waals surface area contributed by atoms with Gasteiger partial charge in [-0.25, -0.2) is 4.79 Å². The number of aromatic amines is 1. The Kier molecular flexibility index (Phi) is 6.08. The Balaban J connectivity index is 1.49. The maximum Gasteiger partial charge on any atom is 0.328 e. The highest BCUT2D eigenvalue weighted by molar-refractivity contribution is 6.30. The van der Waals surface area contributed by atoms with Gasteiger partial charge in [-0.15, -0.1) is 0 Å². The minimum Gasteiger partial charge on any atom is -0.326 e. The van der Waals surface area contributed by atoms with Crippen LogP contribution in [-0.2, 0) is 11.3 Å². The molecule has 0 bridgehead atoms. The molecule has 6 nitrogen and oxygen atoms in total. The van der Waals surface area contributed by atoms with E-state index in [1.54, 1.807) is 48.5 Å². The van der Waals surface area contributed by atoms with Crippen LogP contribution in [0.25, 0.3) is 10.9 Å². The lowest BCUT2D eigenvalue weighted by Gasteiger charge is -2.07. The Labute approximate surface area is 160 Å². The van der Waals surface area contributed by atoms with Gasteiger partial charge >= 0.3 is 5.69 Å². The second-order valence-corrected chi connectivity index (χ2v) is 6.74. The number of aromatic nitrogens is 2. The zero-order valence-corrected chi connectivity index (χ0v) is 15.5. The smallest absolute Gasteiger partial charge is 0.326 e. The van der Waals surface area contributed by atoms with E-state index in [9.17, 15) is 14.4 Å². The number of rotatable bonds is 7. The van der Waals surface area contributed by atoms with Gasteiger partial charge in [-0.05, 0) is 43.2 Å². The molecule has 0 unspecified atom stereocenters. The van der Waals surface area contributed by atoms with Gasteiger partial charge in [0.25, 0.3) is 5.56 Å². The van der Waals surface area contributed by atoms with Gasteiger partial charge in [-0.3, -0.25) is 14.2 Å². The molecule has 1 amide bonds. The van der Waals surface area contributed by atoms with Crippen molar-refractivity contribution in [3.05, 3.63) is 74.4 Å². The van der Waals surface area contributed by atoms with Gasteiger partial charge in [0.1, 0.15) is 0 Å². The van der Waals surface area contributed by atoms with Crippen molar-refractivity contribution in [2.75, 3.05) is 5.32 Å². The van der Waals surface area contributed by atoms with E-state index in [0.717, 1.165) is 6.42 Å². The Morgan fingerprint density at radius 3 is 2.67 bits per heavy atom. The summed E-state index contributed by atoms with van der Waals surface area (Å²) in [5, 5.41) is 3.86. The van der Waals surface area contributed by atoms with Gasteiger partial charge in [0.2, 0.25) is 5.91 Å². The highest BCUT2D eigenvalue weighted by atomic mass is 35.5. The molecule has 140 valence electrons. The molecule has 0 saturated carbocycles. The van der Waals surface area contributed by atoms with Crippen LogP contribution in [0.15, 0.2) is 58.1 Å². The Morgan fingerprint density at radius 2 is 1.85 bits per heavy atom. The fourth-order valence-corrected chi connectivity index (χ4v) is 3.11. The molecule has 0 fully saturated rings. The minimum atomic E-state index is -0.405. The van der Waals surface area contributed by atoms with Crippen LogP contribution in [-0.4, -0.2) is 15.5 Å². The summed E-state index contributed by atoms with van der Waals surface area (Å²) in [6, 6.07) is 13.9. The van der Waals surface area contributed by atoms with Crippen LogP contribution in [0, 0.1) is 0 Å². The van der Waals surface area contributed by atoms with Crippen molar-refractivity contribution in [2.24, 2.45) is 0 Å². The number of carbonyl (C=O) groups is 1. The van der Waals surface area contributed by atoms with Crippen LogP contribution in [0.2, 0.25) is 5.02 Å². The lowest BCUT2D eigenvalue weighted by Crippen LogP contribution is -2.35. The summed E-state index contributed by atoms with van der Waals surface area (Å²) in [6.07, 6.45) is 2.43. The standard InChI is InChI=1S/C20H20ClN3O3/c21-14-7-6-8-15(13-14)22-18(25)11-2-1-5-12-24-19(26)16-9-3-4-10-17(16)23-20(24)27/h3-4,6-10,13H,1-2,5,11-12H2,(H,22,25)(H,23,27). The molecule has 1 aromatic heterocycles. The molecule has 0 aliphatic heterocycles. The summed E-state index contributed by atoms with van der Waals surface area (Å²) in [5.74, 6) is -0.0852. The number of nitrogens with zero attached hydrogens (tertiary/aromatic N) is 1. The third-order valence-electron chi connectivity index (χ3n) is 4.28. The van der Waals surface area contributed by atoms with Crippen molar-refractivity contribution in [2.45, 2.75) is 32.2 Å². The summed E-state index contributed by atoms with van der Waals surface area (Å²) >= 11 is 5.89. The van der Waals surface area contributed by atoms with Crippen LogP contribution >= 0.6 is 11.6 Å². The van der Waals surface area contributed by atoms with Crippen LogP contribution in [0.3, 0.4) is 0 Å². The lowest BCUT2D eigenvalue weighted by molar-refractivity contribution is -0.116. The van der Waals surface area contributed by atoms with Crippen molar-refractivity contribution in [3.63, 3.8) is 0 Å². The molecule has 2 N–H and O–H groups in total. The highest BCUT2D eigenvalue weighted by Gasteiger charge is 2.07. The first-order chi connectivity index (χ1) is 13.0. The normalized spacial score (nSPS) is 10.9. The largest absolute Gasteiger partial charge is 0.328 e. The maximum absolute atomic E-state index is 12.4. The van der Waals surface area contributed by atoms with Crippen molar-refractivity contribution in [3.8, 4) is 0 Å². The average Bonchev–Trinajstić information content (AvgIpc) is 2.64. The molecule has 27 heavy (non-hydrogen) atoms. The SMILES string of the molecule is O=C(CCCCCn1c(=O)[nH]c2ccccc2c1=O)Nc1cccc(Cl)c1. The minimum absolute atomic E-state index is 0.0852. The molecule has 7 heteroatoms. The van der Waals surface area contributed by atoms with Crippen LogP contribution in [0.4, 0.5) is 5.69 Å². The number of hydrogen-bond donors (Lipinski definition) is 2. The van der Waals surface area contributed by atoms with E-state index in [-0.39, 0.29) is 11.5 Å². The van der Waals surface area contributed by atoms with Gasteiger partial charge in [-0.1, -0.05) is 36.2 Å². The van der Waals surface area contributed by atoms with Crippen molar-refractivity contribution in [1.29, 1.82) is 0 Å². The zero-order valence-electron chi connectivity index (χ0n) is 14.7. The fraction of sp³-hybridized carbons (Fsp3) is 0.250. The van der Waals surface area contributed by atoms with Crippen LogP contribution < -0.4 is 16.6 Å². The topological polar surface area (TPSA) is 84.0 Å². The zero-order chi connectivity index (χ0) is 19.2. The first kappa shape index (κ1) is 18.9. The summed E-state index contributed by atoms with van der Waals surface area (Å²) in [4.78, 5) is 39.2. The summed E-state index contributed by atoms with van der Waals surface area (Å²) in [6.45, 7) is 0.328. The van der Waals surface area contributed by atoms with E-state index >= 15 is 0 Å². The van der Waals surface area contributed by atoms with Gasteiger partial charge in [0.05, 0.1) is 10.9 Å². The second-order valence-electron chi connectivity index (χ2n) is 6.30. The van der Waals surface area contributed by atoms with Crippen LogP contribution in [0.1, 0.15) is 25.7 Å². The van der Waals surface area contributed by atoms with E-state index < -0.39 is 5.69 Å². The number of amides is 1. The van der Waals surface area contributed by atoms with E-state index in [4.69, 9.17) is 11.6 Å². The Bertz CT molecular complexity index is 1070. The second kappa shape index (κ2) is 8.68.